The molecule has 0 N–H and O–H groups in total. The average Bonchev–Trinajstić information content (AvgIpc) is 3.04. The van der Waals surface area contributed by atoms with Gasteiger partial charge in [0.1, 0.15) is 6.54 Å². The third kappa shape index (κ3) is 3.14. The molecule has 7 heteroatoms. The van der Waals surface area contributed by atoms with Gasteiger partial charge in [-0.1, -0.05) is 35.5 Å². The van der Waals surface area contributed by atoms with Gasteiger partial charge in [-0.25, -0.2) is 4.68 Å². The second kappa shape index (κ2) is 6.99. The molecular weight excluding hydrogens is 348 g/mol. The first-order chi connectivity index (χ1) is 12.6. The molecule has 0 unspecified atom stereocenters. The summed E-state index contributed by atoms with van der Waals surface area (Å²) in [6.07, 6.45) is 4.18. The van der Waals surface area contributed by atoms with Crippen molar-refractivity contribution in [2.24, 2.45) is 0 Å². The van der Waals surface area contributed by atoms with E-state index in [-0.39, 0.29) is 18.0 Å². The van der Waals surface area contributed by atoms with Gasteiger partial charge >= 0.3 is 0 Å². The van der Waals surface area contributed by atoms with Crippen LogP contribution in [-0.4, -0.2) is 32.8 Å². The Kier molecular flexibility index (Phi) is 4.55. The van der Waals surface area contributed by atoms with Crippen LogP contribution in [0, 0.1) is 0 Å². The molecule has 1 amide bonds. The molecule has 0 aliphatic heterocycles. The van der Waals surface area contributed by atoms with Crippen LogP contribution in [0.1, 0.15) is 28.8 Å². The molecule has 3 aromatic rings. The van der Waals surface area contributed by atoms with E-state index >= 15 is 0 Å². The zero-order chi connectivity index (χ0) is 18.1. The Morgan fingerprint density at radius 2 is 2.00 bits per heavy atom. The number of benzene rings is 1. The van der Waals surface area contributed by atoms with Crippen LogP contribution in [0.3, 0.4) is 0 Å². The van der Waals surface area contributed by atoms with Gasteiger partial charge in [0.25, 0.3) is 5.56 Å². The number of hydrogen-bond donors (Lipinski definition) is 0. The first-order valence-corrected chi connectivity index (χ1v) is 9.61. The Balaban J connectivity index is 1.58. The van der Waals surface area contributed by atoms with E-state index in [4.69, 9.17) is 0 Å². The SMILES string of the molecule is CN(Cc1ccccc1)C(=O)Cn1nnc2sc3c(c2c1=O)CCCC3. The smallest absolute Gasteiger partial charge is 0.279 e. The highest BCUT2D eigenvalue weighted by Gasteiger charge is 2.21. The van der Waals surface area contributed by atoms with Crippen LogP contribution in [0.2, 0.25) is 0 Å². The van der Waals surface area contributed by atoms with E-state index < -0.39 is 0 Å². The van der Waals surface area contributed by atoms with E-state index in [2.05, 4.69) is 10.3 Å². The van der Waals surface area contributed by atoms with Crippen molar-refractivity contribution in [1.29, 1.82) is 0 Å². The van der Waals surface area contributed by atoms with Gasteiger partial charge in [0.15, 0.2) is 4.83 Å². The van der Waals surface area contributed by atoms with Gasteiger partial charge in [0.2, 0.25) is 5.91 Å². The van der Waals surface area contributed by atoms with Crippen molar-refractivity contribution in [2.45, 2.75) is 38.8 Å². The minimum atomic E-state index is -0.198. The maximum Gasteiger partial charge on any atom is 0.279 e. The van der Waals surface area contributed by atoms with Crippen LogP contribution in [0.15, 0.2) is 35.1 Å². The highest BCUT2D eigenvalue weighted by atomic mass is 32.1. The van der Waals surface area contributed by atoms with E-state index in [1.165, 1.54) is 9.56 Å². The van der Waals surface area contributed by atoms with E-state index in [0.29, 0.717) is 16.8 Å². The lowest BCUT2D eigenvalue weighted by Gasteiger charge is -2.17. The molecular formula is C19H20N4O2S. The Labute approximate surface area is 155 Å². The lowest BCUT2D eigenvalue weighted by molar-refractivity contribution is -0.131. The molecule has 0 atom stereocenters. The summed E-state index contributed by atoms with van der Waals surface area (Å²) >= 11 is 1.57. The number of aromatic nitrogens is 3. The third-order valence-corrected chi connectivity index (χ3v) is 5.99. The van der Waals surface area contributed by atoms with Crippen molar-refractivity contribution in [3.05, 3.63) is 56.7 Å². The van der Waals surface area contributed by atoms with Crippen LogP contribution < -0.4 is 5.56 Å². The number of thiophene rings is 1. The highest BCUT2D eigenvalue weighted by Crippen LogP contribution is 2.33. The molecule has 2 heterocycles. The molecule has 0 radical (unpaired) electrons. The molecule has 0 bridgehead atoms. The first-order valence-electron chi connectivity index (χ1n) is 8.79. The Morgan fingerprint density at radius 3 is 2.81 bits per heavy atom. The topological polar surface area (TPSA) is 68.1 Å². The van der Waals surface area contributed by atoms with Gasteiger partial charge in [-0.2, -0.15) is 0 Å². The molecule has 1 aliphatic carbocycles. The summed E-state index contributed by atoms with van der Waals surface area (Å²) in [5.74, 6) is -0.159. The van der Waals surface area contributed by atoms with Crippen LogP contribution >= 0.6 is 11.3 Å². The Bertz CT molecular complexity index is 1010. The first kappa shape index (κ1) is 16.9. The fraction of sp³-hybridized carbons (Fsp3) is 0.368. The maximum absolute atomic E-state index is 12.9. The number of fused-ring (bicyclic) bond motifs is 3. The van der Waals surface area contributed by atoms with Crippen LogP contribution in [0.5, 0.6) is 0 Å². The van der Waals surface area contributed by atoms with Crippen molar-refractivity contribution in [1.82, 2.24) is 19.9 Å². The number of carbonyl (C=O) groups excluding carboxylic acids is 1. The van der Waals surface area contributed by atoms with Gasteiger partial charge in [-0.15, -0.1) is 16.4 Å². The minimum absolute atomic E-state index is 0.0876. The molecule has 134 valence electrons. The molecule has 0 fully saturated rings. The molecule has 4 rings (SSSR count). The van der Waals surface area contributed by atoms with Gasteiger partial charge < -0.3 is 4.90 Å². The fourth-order valence-corrected chi connectivity index (χ4v) is 4.60. The number of rotatable bonds is 4. The van der Waals surface area contributed by atoms with Crippen LogP contribution in [-0.2, 0) is 30.7 Å². The molecule has 1 aliphatic rings. The van der Waals surface area contributed by atoms with Gasteiger partial charge in [-0.3, -0.25) is 9.59 Å². The normalized spacial score (nSPS) is 13.6. The minimum Gasteiger partial charge on any atom is -0.340 e. The van der Waals surface area contributed by atoms with E-state index in [1.54, 1.807) is 23.3 Å². The van der Waals surface area contributed by atoms with E-state index in [9.17, 15) is 9.59 Å². The summed E-state index contributed by atoms with van der Waals surface area (Å²) in [5.41, 5.74) is 1.97. The summed E-state index contributed by atoms with van der Waals surface area (Å²) < 4.78 is 1.20. The molecule has 26 heavy (non-hydrogen) atoms. The predicted octanol–water partition coefficient (Wildman–Crippen LogP) is 2.39. The van der Waals surface area contributed by atoms with Crippen molar-refractivity contribution in [3.63, 3.8) is 0 Å². The van der Waals surface area contributed by atoms with Crippen molar-refractivity contribution < 1.29 is 4.79 Å². The molecule has 0 spiro atoms. The fourth-order valence-electron chi connectivity index (χ4n) is 3.40. The molecule has 0 saturated carbocycles. The highest BCUT2D eigenvalue weighted by molar-refractivity contribution is 7.18. The lowest BCUT2D eigenvalue weighted by atomic mass is 9.97. The number of hydrogen-bond acceptors (Lipinski definition) is 5. The summed E-state index contributed by atoms with van der Waals surface area (Å²) in [5, 5.41) is 8.87. The zero-order valence-corrected chi connectivity index (χ0v) is 15.5. The quantitative estimate of drug-likeness (QED) is 0.709. The van der Waals surface area contributed by atoms with Crippen LogP contribution in [0.4, 0.5) is 0 Å². The van der Waals surface area contributed by atoms with E-state index in [1.807, 2.05) is 30.3 Å². The number of likely N-dealkylation sites (N-methyl/N-ethyl adjacent to an activating group) is 1. The summed E-state index contributed by atoms with van der Waals surface area (Å²) in [4.78, 5) is 29.0. The molecule has 0 saturated heterocycles. The predicted molar refractivity (Wildman–Crippen MR) is 101 cm³/mol. The number of amides is 1. The summed E-state index contributed by atoms with van der Waals surface area (Å²) in [6, 6.07) is 9.77. The molecule has 1 aromatic carbocycles. The second-order valence-corrected chi connectivity index (χ2v) is 7.76. The largest absolute Gasteiger partial charge is 0.340 e. The van der Waals surface area contributed by atoms with Crippen LogP contribution in [0.25, 0.3) is 10.2 Å². The molecule has 6 nitrogen and oxygen atoms in total. The van der Waals surface area contributed by atoms with Gasteiger partial charge in [-0.05, 0) is 36.8 Å². The lowest BCUT2D eigenvalue weighted by Crippen LogP contribution is -2.35. The van der Waals surface area contributed by atoms with Gasteiger partial charge in [0.05, 0.1) is 5.39 Å². The van der Waals surface area contributed by atoms with Crippen molar-refractivity contribution in [3.8, 4) is 0 Å². The van der Waals surface area contributed by atoms with E-state index in [0.717, 1.165) is 36.8 Å². The monoisotopic (exact) mass is 368 g/mol. The summed E-state index contributed by atoms with van der Waals surface area (Å²) in [6.45, 7) is 0.410. The molecule has 2 aromatic heterocycles. The van der Waals surface area contributed by atoms with Crippen molar-refractivity contribution >= 4 is 27.5 Å². The maximum atomic E-state index is 12.9. The van der Waals surface area contributed by atoms with Crippen molar-refractivity contribution in [2.75, 3.05) is 7.05 Å². The number of aryl methyl sites for hydroxylation is 2. The number of nitrogens with zero attached hydrogens (tertiary/aromatic N) is 4. The Hall–Kier alpha value is -2.54. The second-order valence-electron chi connectivity index (χ2n) is 6.68. The van der Waals surface area contributed by atoms with Gasteiger partial charge in [0, 0.05) is 18.5 Å². The standard InChI is InChI=1S/C19H20N4O2S/c1-22(11-13-7-3-2-4-8-13)16(24)12-23-19(25)17-14-9-5-6-10-15(14)26-18(17)20-21-23/h2-4,7-8H,5-6,9-12H2,1H3. The number of carbonyl (C=O) groups is 1. The zero-order valence-electron chi connectivity index (χ0n) is 14.6. The Morgan fingerprint density at radius 1 is 1.23 bits per heavy atom. The third-order valence-electron chi connectivity index (χ3n) is 4.82. The average molecular weight is 368 g/mol. The summed E-state index contributed by atoms with van der Waals surface area (Å²) in [7, 11) is 1.73.